The van der Waals surface area contributed by atoms with Gasteiger partial charge in [-0.3, -0.25) is 9.59 Å². The van der Waals surface area contributed by atoms with Gasteiger partial charge in [-0.1, -0.05) is 6.07 Å². The molecule has 26 heavy (non-hydrogen) atoms. The highest BCUT2D eigenvalue weighted by Gasteiger charge is 2.11. The number of nitrogens with zero attached hydrogens (tertiary/aromatic N) is 3. The molecule has 134 valence electrons. The Morgan fingerprint density at radius 2 is 2.04 bits per heavy atom. The summed E-state index contributed by atoms with van der Waals surface area (Å²) in [6, 6.07) is 7.14. The summed E-state index contributed by atoms with van der Waals surface area (Å²) in [5.41, 5.74) is 0.872. The smallest absolute Gasteiger partial charge is 0.248 e. The number of hydrogen-bond donors (Lipinski definition) is 2. The minimum absolute atomic E-state index is 0.172. The predicted molar refractivity (Wildman–Crippen MR) is 96.4 cm³/mol. The van der Waals surface area contributed by atoms with E-state index in [0.29, 0.717) is 24.0 Å². The minimum Gasteiger partial charge on any atom is -0.421 e. The molecular weight excluding hydrogens is 354 g/mol. The summed E-state index contributed by atoms with van der Waals surface area (Å²) in [5.74, 6) is 0.968. The van der Waals surface area contributed by atoms with Crippen molar-refractivity contribution in [3.63, 3.8) is 0 Å². The largest absolute Gasteiger partial charge is 0.421 e. The Labute approximate surface area is 153 Å². The molecule has 2 N–H and O–H groups in total. The molecule has 0 saturated heterocycles. The maximum Gasteiger partial charge on any atom is 0.248 e. The average Bonchev–Trinajstić information content (AvgIpc) is 3.32. The molecule has 9 heteroatoms. The number of anilines is 1. The van der Waals surface area contributed by atoms with E-state index in [4.69, 9.17) is 4.42 Å². The Kier molecular flexibility index (Phi) is 6.05. The molecular formula is C17H17N5O3S. The van der Waals surface area contributed by atoms with Gasteiger partial charge in [-0.05, 0) is 23.6 Å². The van der Waals surface area contributed by atoms with Crippen molar-refractivity contribution in [1.29, 1.82) is 0 Å². The number of hydrogen-bond acceptors (Lipinski definition) is 7. The third-order valence-electron chi connectivity index (χ3n) is 3.41. The molecule has 0 bridgehead atoms. The van der Waals surface area contributed by atoms with E-state index in [1.165, 1.54) is 0 Å². The molecule has 2 amide bonds. The summed E-state index contributed by atoms with van der Waals surface area (Å²) in [4.78, 5) is 27.6. The van der Waals surface area contributed by atoms with Crippen molar-refractivity contribution >= 4 is 29.0 Å². The first-order valence-corrected chi connectivity index (χ1v) is 8.97. The first kappa shape index (κ1) is 17.7. The molecule has 0 saturated carbocycles. The summed E-state index contributed by atoms with van der Waals surface area (Å²) < 4.78 is 5.52. The number of thiophene rings is 1. The van der Waals surface area contributed by atoms with E-state index in [-0.39, 0.29) is 31.2 Å². The summed E-state index contributed by atoms with van der Waals surface area (Å²) >= 11 is 1.55. The molecule has 0 aliphatic carbocycles. The van der Waals surface area contributed by atoms with Crippen LogP contribution in [0.4, 0.5) is 5.82 Å². The number of rotatable bonds is 8. The highest BCUT2D eigenvalue weighted by atomic mass is 32.1. The zero-order valence-corrected chi connectivity index (χ0v) is 14.7. The third-order valence-corrected chi connectivity index (χ3v) is 4.09. The van der Waals surface area contributed by atoms with Gasteiger partial charge < -0.3 is 15.1 Å². The van der Waals surface area contributed by atoms with Gasteiger partial charge in [0.25, 0.3) is 0 Å². The van der Waals surface area contributed by atoms with E-state index in [1.807, 2.05) is 16.8 Å². The van der Waals surface area contributed by atoms with Gasteiger partial charge in [-0.25, -0.2) is 4.98 Å². The van der Waals surface area contributed by atoms with E-state index in [1.54, 1.807) is 35.7 Å². The van der Waals surface area contributed by atoms with Crippen LogP contribution in [-0.2, 0) is 16.0 Å². The molecule has 3 aromatic heterocycles. The zero-order chi connectivity index (χ0) is 18.2. The number of pyridine rings is 1. The van der Waals surface area contributed by atoms with Crippen LogP contribution in [0.15, 0.2) is 45.6 Å². The molecule has 3 rings (SSSR count). The van der Waals surface area contributed by atoms with E-state index >= 15 is 0 Å². The number of nitrogens with one attached hydrogen (secondary N) is 2. The van der Waals surface area contributed by atoms with Crippen molar-refractivity contribution < 1.29 is 14.0 Å². The SMILES string of the molecule is O=C(CCc1nnc(-c2ccsc2)o1)NCCC(=O)Nc1ccccn1. The van der Waals surface area contributed by atoms with Crippen molar-refractivity contribution in [2.45, 2.75) is 19.3 Å². The van der Waals surface area contributed by atoms with Crippen molar-refractivity contribution in [3.05, 3.63) is 47.1 Å². The lowest BCUT2D eigenvalue weighted by Crippen LogP contribution is -2.27. The molecule has 0 fully saturated rings. The second-order valence-corrected chi connectivity index (χ2v) is 6.16. The van der Waals surface area contributed by atoms with Crippen LogP contribution in [0.25, 0.3) is 11.5 Å². The highest BCUT2D eigenvalue weighted by Crippen LogP contribution is 2.20. The quantitative estimate of drug-likeness (QED) is 0.628. The summed E-state index contributed by atoms with van der Waals surface area (Å²) in [6.07, 6.45) is 2.33. The third kappa shape index (κ3) is 5.21. The van der Waals surface area contributed by atoms with Crippen LogP contribution in [-0.4, -0.2) is 33.5 Å². The molecule has 3 aromatic rings. The Balaban J connectivity index is 1.35. The maximum atomic E-state index is 11.8. The number of carbonyl (C=O) groups excluding carboxylic acids is 2. The van der Waals surface area contributed by atoms with Gasteiger partial charge in [0.05, 0.1) is 0 Å². The standard InChI is InChI=1S/C17H17N5O3S/c23-14(19-9-6-15(24)20-13-3-1-2-8-18-13)4-5-16-21-22-17(25-16)12-7-10-26-11-12/h1-3,7-8,10-11H,4-6,9H2,(H,19,23)(H,18,20,24). The van der Waals surface area contributed by atoms with Crippen LogP contribution >= 0.6 is 11.3 Å². The van der Waals surface area contributed by atoms with Crippen molar-refractivity contribution in [1.82, 2.24) is 20.5 Å². The predicted octanol–water partition coefficient (Wildman–Crippen LogP) is 2.27. The number of aromatic nitrogens is 3. The molecule has 0 spiro atoms. The van der Waals surface area contributed by atoms with Crippen LogP contribution in [0.5, 0.6) is 0 Å². The zero-order valence-electron chi connectivity index (χ0n) is 13.8. The van der Waals surface area contributed by atoms with Crippen molar-refractivity contribution in [2.24, 2.45) is 0 Å². The van der Waals surface area contributed by atoms with E-state index in [0.717, 1.165) is 5.56 Å². The number of amides is 2. The molecule has 0 aromatic carbocycles. The van der Waals surface area contributed by atoms with Crippen LogP contribution in [0, 0.1) is 0 Å². The number of aryl methyl sites for hydroxylation is 1. The van der Waals surface area contributed by atoms with E-state index < -0.39 is 0 Å². The van der Waals surface area contributed by atoms with E-state index in [2.05, 4.69) is 25.8 Å². The van der Waals surface area contributed by atoms with Crippen LogP contribution in [0.1, 0.15) is 18.7 Å². The van der Waals surface area contributed by atoms with Crippen LogP contribution in [0.2, 0.25) is 0 Å². The Bertz CT molecular complexity index is 848. The van der Waals surface area contributed by atoms with Gasteiger partial charge in [0, 0.05) is 42.9 Å². The summed E-state index contributed by atoms with van der Waals surface area (Å²) in [6.45, 7) is 0.251. The summed E-state index contributed by atoms with van der Waals surface area (Å²) in [7, 11) is 0. The molecule has 0 atom stereocenters. The lowest BCUT2D eigenvalue weighted by atomic mass is 10.3. The topological polar surface area (TPSA) is 110 Å². The fourth-order valence-electron chi connectivity index (χ4n) is 2.12. The Morgan fingerprint density at radius 1 is 1.12 bits per heavy atom. The molecule has 0 unspecified atom stereocenters. The molecule has 0 aliphatic rings. The molecule has 3 heterocycles. The minimum atomic E-state index is -0.207. The maximum absolute atomic E-state index is 11.8. The monoisotopic (exact) mass is 371 g/mol. The first-order valence-electron chi connectivity index (χ1n) is 8.03. The fraction of sp³-hybridized carbons (Fsp3) is 0.235. The van der Waals surface area contributed by atoms with Gasteiger partial charge in [0.2, 0.25) is 23.6 Å². The second-order valence-electron chi connectivity index (χ2n) is 5.38. The van der Waals surface area contributed by atoms with Crippen molar-refractivity contribution in [2.75, 3.05) is 11.9 Å². The van der Waals surface area contributed by atoms with Gasteiger partial charge in [0.1, 0.15) is 5.82 Å². The normalized spacial score (nSPS) is 10.5. The molecule has 8 nitrogen and oxygen atoms in total. The van der Waals surface area contributed by atoms with Gasteiger partial charge in [0.15, 0.2) is 0 Å². The molecule has 0 aliphatic heterocycles. The van der Waals surface area contributed by atoms with Crippen molar-refractivity contribution in [3.8, 4) is 11.5 Å². The Morgan fingerprint density at radius 3 is 2.81 bits per heavy atom. The average molecular weight is 371 g/mol. The van der Waals surface area contributed by atoms with Gasteiger partial charge >= 0.3 is 0 Å². The first-order chi connectivity index (χ1) is 12.7. The lowest BCUT2D eigenvalue weighted by Gasteiger charge is -2.05. The summed E-state index contributed by atoms with van der Waals surface area (Å²) in [5, 5.41) is 17.1. The Hall–Kier alpha value is -3.07. The second kappa shape index (κ2) is 8.86. The van der Waals surface area contributed by atoms with Gasteiger partial charge in [-0.2, -0.15) is 11.3 Å². The lowest BCUT2D eigenvalue weighted by molar-refractivity contribution is -0.121. The molecule has 0 radical (unpaired) electrons. The van der Waals surface area contributed by atoms with Crippen LogP contribution in [0.3, 0.4) is 0 Å². The number of carbonyl (C=O) groups is 2. The fourth-order valence-corrected chi connectivity index (χ4v) is 2.75. The van der Waals surface area contributed by atoms with Gasteiger partial charge in [-0.15, -0.1) is 10.2 Å². The van der Waals surface area contributed by atoms with E-state index in [9.17, 15) is 9.59 Å². The van der Waals surface area contributed by atoms with Crippen LogP contribution < -0.4 is 10.6 Å². The highest BCUT2D eigenvalue weighted by molar-refractivity contribution is 7.08.